The molecule has 0 saturated heterocycles. The van der Waals surface area contributed by atoms with E-state index in [0.29, 0.717) is 0 Å². The molecule has 0 bridgehead atoms. The van der Waals surface area contributed by atoms with Crippen molar-refractivity contribution in [1.29, 1.82) is 0 Å². The van der Waals surface area contributed by atoms with Gasteiger partial charge in [0.1, 0.15) is 0 Å². The van der Waals surface area contributed by atoms with E-state index in [1.165, 1.54) is 0 Å². The van der Waals surface area contributed by atoms with Crippen LogP contribution in [0.25, 0.3) is 11.3 Å². The molecule has 0 unspecified atom stereocenters. The predicted octanol–water partition coefficient (Wildman–Crippen LogP) is 3.50. The van der Waals surface area contributed by atoms with Gasteiger partial charge in [-0.1, -0.05) is 28.1 Å². The second-order valence-electron chi connectivity index (χ2n) is 3.46. The van der Waals surface area contributed by atoms with E-state index < -0.39 is 0 Å². The summed E-state index contributed by atoms with van der Waals surface area (Å²) in [6.45, 7) is 0.228. The average Bonchev–Trinajstić information content (AvgIpc) is 2.75. The third-order valence-electron chi connectivity index (χ3n) is 2.22. The molecule has 16 heavy (non-hydrogen) atoms. The molecule has 0 aliphatic carbocycles. The summed E-state index contributed by atoms with van der Waals surface area (Å²) in [5, 5.41) is 11.9. The SMILES string of the molecule is OCCCc1nc(-c2cccc(Br)c2)cs1. The van der Waals surface area contributed by atoms with E-state index in [2.05, 4.69) is 38.4 Å². The molecule has 84 valence electrons. The van der Waals surface area contributed by atoms with Gasteiger partial charge in [-0.3, -0.25) is 0 Å². The summed E-state index contributed by atoms with van der Waals surface area (Å²) in [5.74, 6) is 0. The molecule has 2 aromatic rings. The average molecular weight is 298 g/mol. The van der Waals surface area contributed by atoms with Gasteiger partial charge in [0.05, 0.1) is 10.7 Å². The van der Waals surface area contributed by atoms with Crippen LogP contribution in [0.5, 0.6) is 0 Å². The lowest BCUT2D eigenvalue weighted by atomic mass is 10.2. The minimum Gasteiger partial charge on any atom is -0.396 e. The van der Waals surface area contributed by atoms with Crippen molar-refractivity contribution >= 4 is 27.3 Å². The molecule has 0 amide bonds. The number of hydrogen-bond donors (Lipinski definition) is 1. The van der Waals surface area contributed by atoms with Crippen molar-refractivity contribution in [3.63, 3.8) is 0 Å². The van der Waals surface area contributed by atoms with E-state index >= 15 is 0 Å². The van der Waals surface area contributed by atoms with Gasteiger partial charge in [-0.2, -0.15) is 0 Å². The number of aromatic nitrogens is 1. The topological polar surface area (TPSA) is 33.1 Å². The van der Waals surface area contributed by atoms with Crippen LogP contribution in [-0.2, 0) is 6.42 Å². The van der Waals surface area contributed by atoms with Gasteiger partial charge in [0, 0.05) is 28.4 Å². The fourth-order valence-corrected chi connectivity index (χ4v) is 2.69. The lowest BCUT2D eigenvalue weighted by Gasteiger charge is -1.97. The number of halogens is 1. The molecule has 0 spiro atoms. The van der Waals surface area contributed by atoms with Crippen molar-refractivity contribution in [1.82, 2.24) is 4.98 Å². The van der Waals surface area contributed by atoms with Crippen molar-refractivity contribution in [2.24, 2.45) is 0 Å². The lowest BCUT2D eigenvalue weighted by molar-refractivity contribution is 0.288. The van der Waals surface area contributed by atoms with Gasteiger partial charge >= 0.3 is 0 Å². The Bertz CT molecular complexity index is 470. The molecule has 0 radical (unpaired) electrons. The van der Waals surface area contributed by atoms with Crippen molar-refractivity contribution < 1.29 is 5.11 Å². The highest BCUT2D eigenvalue weighted by Crippen LogP contribution is 2.24. The van der Waals surface area contributed by atoms with Crippen LogP contribution in [-0.4, -0.2) is 16.7 Å². The Kier molecular flexibility index (Phi) is 4.09. The molecule has 1 N–H and O–H groups in total. The summed E-state index contributed by atoms with van der Waals surface area (Å²) < 4.78 is 1.06. The second kappa shape index (κ2) is 5.57. The summed E-state index contributed by atoms with van der Waals surface area (Å²) in [6, 6.07) is 8.12. The maximum atomic E-state index is 8.76. The van der Waals surface area contributed by atoms with Gasteiger partial charge in [-0.05, 0) is 18.6 Å². The molecule has 0 fully saturated rings. The summed E-state index contributed by atoms with van der Waals surface area (Å²) in [4.78, 5) is 4.55. The molecule has 0 saturated carbocycles. The Morgan fingerprint density at radius 3 is 3.00 bits per heavy atom. The summed E-state index contributed by atoms with van der Waals surface area (Å²) in [5.41, 5.74) is 2.14. The van der Waals surface area contributed by atoms with Gasteiger partial charge in [0.15, 0.2) is 0 Å². The van der Waals surface area contributed by atoms with E-state index in [0.717, 1.165) is 33.6 Å². The third kappa shape index (κ3) is 2.90. The van der Waals surface area contributed by atoms with E-state index in [9.17, 15) is 0 Å². The van der Waals surface area contributed by atoms with Crippen molar-refractivity contribution in [3.8, 4) is 11.3 Å². The first-order valence-corrected chi connectivity index (χ1v) is 6.78. The van der Waals surface area contributed by atoms with Gasteiger partial charge < -0.3 is 5.11 Å². The molecule has 1 aromatic heterocycles. The Morgan fingerprint density at radius 2 is 2.25 bits per heavy atom. The normalized spacial score (nSPS) is 10.6. The number of aliphatic hydroxyl groups is 1. The zero-order valence-corrected chi connectivity index (χ0v) is 11.1. The third-order valence-corrected chi connectivity index (χ3v) is 3.62. The predicted molar refractivity (Wildman–Crippen MR) is 70.7 cm³/mol. The fourth-order valence-electron chi connectivity index (χ4n) is 1.44. The molecule has 2 rings (SSSR count). The van der Waals surface area contributed by atoms with Crippen LogP contribution in [0.15, 0.2) is 34.1 Å². The van der Waals surface area contributed by atoms with Crippen molar-refractivity contribution in [2.45, 2.75) is 12.8 Å². The number of aryl methyl sites for hydroxylation is 1. The van der Waals surface area contributed by atoms with Gasteiger partial charge in [0.2, 0.25) is 0 Å². The molecule has 1 heterocycles. The van der Waals surface area contributed by atoms with Gasteiger partial charge in [0.25, 0.3) is 0 Å². The summed E-state index contributed by atoms with van der Waals surface area (Å²) >= 11 is 5.10. The molecule has 0 aliphatic heterocycles. The molecule has 0 aliphatic rings. The Balaban J connectivity index is 2.18. The molecule has 4 heteroatoms. The fraction of sp³-hybridized carbons (Fsp3) is 0.250. The first-order chi connectivity index (χ1) is 7.79. The second-order valence-corrected chi connectivity index (χ2v) is 5.32. The first-order valence-electron chi connectivity index (χ1n) is 5.11. The smallest absolute Gasteiger partial charge is 0.0933 e. The zero-order valence-electron chi connectivity index (χ0n) is 8.69. The Morgan fingerprint density at radius 1 is 1.38 bits per heavy atom. The van der Waals surface area contributed by atoms with E-state index in [1.54, 1.807) is 11.3 Å². The number of hydrogen-bond acceptors (Lipinski definition) is 3. The largest absolute Gasteiger partial charge is 0.396 e. The summed E-state index contributed by atoms with van der Waals surface area (Å²) in [7, 11) is 0. The first kappa shape index (κ1) is 11.8. The monoisotopic (exact) mass is 297 g/mol. The van der Waals surface area contributed by atoms with E-state index in [-0.39, 0.29) is 6.61 Å². The van der Waals surface area contributed by atoms with Crippen LogP contribution >= 0.6 is 27.3 Å². The number of rotatable bonds is 4. The Hall–Kier alpha value is -0.710. The molecule has 0 atom stereocenters. The quantitative estimate of drug-likeness (QED) is 0.937. The number of benzene rings is 1. The van der Waals surface area contributed by atoms with Crippen LogP contribution in [0.1, 0.15) is 11.4 Å². The van der Waals surface area contributed by atoms with E-state index in [1.807, 2.05) is 12.1 Å². The number of nitrogens with zero attached hydrogens (tertiary/aromatic N) is 1. The molecular formula is C12H12BrNOS. The van der Waals surface area contributed by atoms with Gasteiger partial charge in [-0.15, -0.1) is 11.3 Å². The summed E-state index contributed by atoms with van der Waals surface area (Å²) in [6.07, 6.45) is 1.64. The lowest BCUT2D eigenvalue weighted by Crippen LogP contribution is -1.88. The molecule has 2 nitrogen and oxygen atoms in total. The van der Waals surface area contributed by atoms with Crippen molar-refractivity contribution in [3.05, 3.63) is 39.1 Å². The van der Waals surface area contributed by atoms with Crippen LogP contribution in [0.2, 0.25) is 0 Å². The minimum atomic E-state index is 0.228. The maximum absolute atomic E-state index is 8.76. The van der Waals surface area contributed by atoms with Crippen LogP contribution < -0.4 is 0 Å². The van der Waals surface area contributed by atoms with Crippen LogP contribution in [0.4, 0.5) is 0 Å². The number of thiazole rings is 1. The van der Waals surface area contributed by atoms with Gasteiger partial charge in [-0.25, -0.2) is 4.98 Å². The van der Waals surface area contributed by atoms with Crippen molar-refractivity contribution in [2.75, 3.05) is 6.61 Å². The van der Waals surface area contributed by atoms with E-state index in [4.69, 9.17) is 5.11 Å². The zero-order chi connectivity index (χ0) is 11.4. The molecule has 1 aromatic carbocycles. The van der Waals surface area contributed by atoms with Crippen LogP contribution in [0.3, 0.4) is 0 Å². The molecular weight excluding hydrogens is 286 g/mol. The van der Waals surface area contributed by atoms with Crippen LogP contribution in [0, 0.1) is 0 Å². The maximum Gasteiger partial charge on any atom is 0.0933 e. The minimum absolute atomic E-state index is 0.228. The highest BCUT2D eigenvalue weighted by molar-refractivity contribution is 9.10. The number of aliphatic hydroxyl groups excluding tert-OH is 1. The standard InChI is InChI=1S/C12H12BrNOS/c13-10-4-1-3-9(7-10)11-8-16-12(14-11)5-2-6-15/h1,3-4,7-8,15H,2,5-6H2. The Labute approximate surface area is 107 Å². The highest BCUT2D eigenvalue weighted by Gasteiger charge is 2.04. The highest BCUT2D eigenvalue weighted by atomic mass is 79.9.